The fourth-order valence-corrected chi connectivity index (χ4v) is 1.68. The molecule has 0 aliphatic carbocycles. The first-order chi connectivity index (χ1) is 8.33. The second kappa shape index (κ2) is 5.96. The van der Waals surface area contributed by atoms with Gasteiger partial charge in [0.25, 0.3) is 0 Å². The number of carbonyl (C=O) groups is 1. The monoisotopic (exact) mass is 252 g/mol. The van der Waals surface area contributed by atoms with E-state index >= 15 is 0 Å². The third-order valence-electron chi connectivity index (χ3n) is 2.92. The van der Waals surface area contributed by atoms with E-state index in [-0.39, 0.29) is 5.82 Å². The van der Waals surface area contributed by atoms with Crippen LogP contribution >= 0.6 is 0 Å². The van der Waals surface area contributed by atoms with Crippen molar-refractivity contribution in [3.8, 4) is 0 Å². The molecule has 1 unspecified atom stereocenters. The molecular formula is C14H21FN2O. The SMILES string of the molecule is CC(C)CNC(C)(Cc1ccc(F)cc1)C(N)=O. The molecule has 1 amide bonds. The smallest absolute Gasteiger partial charge is 0.237 e. The second-order valence-corrected chi connectivity index (χ2v) is 5.27. The van der Waals surface area contributed by atoms with Crippen LogP contribution in [0.3, 0.4) is 0 Å². The van der Waals surface area contributed by atoms with E-state index in [0.29, 0.717) is 18.9 Å². The molecule has 0 radical (unpaired) electrons. The number of amides is 1. The zero-order chi connectivity index (χ0) is 13.8. The van der Waals surface area contributed by atoms with Crippen molar-refractivity contribution in [1.29, 1.82) is 0 Å². The summed E-state index contributed by atoms with van der Waals surface area (Å²) in [7, 11) is 0. The molecule has 3 nitrogen and oxygen atoms in total. The highest BCUT2D eigenvalue weighted by atomic mass is 19.1. The molecule has 1 atom stereocenters. The molecule has 0 aliphatic rings. The van der Waals surface area contributed by atoms with Crippen LogP contribution in [-0.4, -0.2) is 18.0 Å². The molecule has 3 N–H and O–H groups in total. The molecule has 1 aromatic carbocycles. The first-order valence-corrected chi connectivity index (χ1v) is 6.13. The number of nitrogens with one attached hydrogen (secondary N) is 1. The van der Waals surface area contributed by atoms with E-state index in [1.54, 1.807) is 19.1 Å². The standard InChI is InChI=1S/C14H21FN2O/c1-10(2)9-17-14(3,13(16)18)8-11-4-6-12(15)7-5-11/h4-7,10,17H,8-9H2,1-3H3,(H2,16,18). The van der Waals surface area contributed by atoms with Crippen molar-refractivity contribution in [2.24, 2.45) is 11.7 Å². The third kappa shape index (κ3) is 4.11. The summed E-state index contributed by atoms with van der Waals surface area (Å²) in [5.74, 6) is -0.251. The lowest BCUT2D eigenvalue weighted by molar-refractivity contribution is -0.123. The van der Waals surface area contributed by atoms with Gasteiger partial charge >= 0.3 is 0 Å². The van der Waals surface area contributed by atoms with E-state index in [2.05, 4.69) is 19.2 Å². The number of hydrogen-bond donors (Lipinski definition) is 2. The first kappa shape index (κ1) is 14.6. The summed E-state index contributed by atoms with van der Waals surface area (Å²) >= 11 is 0. The molecular weight excluding hydrogens is 231 g/mol. The summed E-state index contributed by atoms with van der Waals surface area (Å²) in [5, 5.41) is 3.19. The Balaban J connectivity index is 2.79. The Hall–Kier alpha value is -1.42. The van der Waals surface area contributed by atoms with Gasteiger partial charge < -0.3 is 11.1 Å². The Morgan fingerprint density at radius 1 is 1.39 bits per heavy atom. The molecule has 100 valence electrons. The van der Waals surface area contributed by atoms with Crippen LogP contribution in [-0.2, 0) is 11.2 Å². The Morgan fingerprint density at radius 2 is 1.94 bits per heavy atom. The van der Waals surface area contributed by atoms with Crippen molar-refractivity contribution in [2.45, 2.75) is 32.7 Å². The van der Waals surface area contributed by atoms with Crippen molar-refractivity contribution in [3.63, 3.8) is 0 Å². The number of halogens is 1. The van der Waals surface area contributed by atoms with Crippen LogP contribution in [0.5, 0.6) is 0 Å². The maximum absolute atomic E-state index is 12.8. The van der Waals surface area contributed by atoms with Gasteiger partial charge in [0.15, 0.2) is 0 Å². The van der Waals surface area contributed by atoms with Gasteiger partial charge in [-0.1, -0.05) is 26.0 Å². The minimum Gasteiger partial charge on any atom is -0.368 e. The molecule has 0 bridgehead atoms. The van der Waals surface area contributed by atoms with E-state index in [1.165, 1.54) is 12.1 Å². The summed E-state index contributed by atoms with van der Waals surface area (Å²) in [6.45, 7) is 6.61. The van der Waals surface area contributed by atoms with E-state index in [1.807, 2.05) is 0 Å². The highest BCUT2D eigenvalue weighted by Gasteiger charge is 2.30. The summed E-state index contributed by atoms with van der Waals surface area (Å²) in [5.41, 5.74) is 5.54. The van der Waals surface area contributed by atoms with Crippen LogP contribution in [0.15, 0.2) is 24.3 Å². The van der Waals surface area contributed by atoms with Gasteiger partial charge in [0.05, 0.1) is 5.54 Å². The quantitative estimate of drug-likeness (QED) is 0.812. The molecule has 0 aliphatic heterocycles. The average molecular weight is 252 g/mol. The normalized spacial score (nSPS) is 14.5. The maximum atomic E-state index is 12.8. The Kier molecular flexibility index (Phi) is 4.84. The molecule has 0 spiro atoms. The van der Waals surface area contributed by atoms with Crippen LogP contribution in [0.4, 0.5) is 4.39 Å². The highest BCUT2D eigenvalue weighted by Crippen LogP contribution is 2.14. The summed E-state index contributed by atoms with van der Waals surface area (Å²) in [6.07, 6.45) is 0.454. The molecule has 1 aromatic rings. The number of benzene rings is 1. The molecule has 0 saturated heterocycles. The number of primary amides is 1. The summed E-state index contributed by atoms with van der Waals surface area (Å²) < 4.78 is 12.8. The lowest BCUT2D eigenvalue weighted by Gasteiger charge is -2.28. The molecule has 18 heavy (non-hydrogen) atoms. The van der Waals surface area contributed by atoms with Gasteiger partial charge in [0.2, 0.25) is 5.91 Å². The fraction of sp³-hybridized carbons (Fsp3) is 0.500. The number of carbonyl (C=O) groups excluding carboxylic acids is 1. The largest absolute Gasteiger partial charge is 0.368 e. The van der Waals surface area contributed by atoms with Crippen molar-refractivity contribution < 1.29 is 9.18 Å². The number of rotatable bonds is 6. The minimum atomic E-state index is -0.803. The second-order valence-electron chi connectivity index (χ2n) is 5.27. The Labute approximate surface area is 108 Å². The first-order valence-electron chi connectivity index (χ1n) is 6.13. The molecule has 0 heterocycles. The van der Waals surface area contributed by atoms with Crippen LogP contribution in [0.2, 0.25) is 0 Å². The minimum absolute atomic E-state index is 0.283. The van der Waals surface area contributed by atoms with Gasteiger partial charge in [-0.2, -0.15) is 0 Å². The molecule has 4 heteroatoms. The topological polar surface area (TPSA) is 55.1 Å². The maximum Gasteiger partial charge on any atom is 0.237 e. The van der Waals surface area contributed by atoms with E-state index in [9.17, 15) is 9.18 Å². The lowest BCUT2D eigenvalue weighted by Crippen LogP contribution is -2.55. The predicted octanol–water partition coefficient (Wildman–Crippen LogP) is 1.86. The molecule has 0 saturated carbocycles. The van der Waals surface area contributed by atoms with Crippen LogP contribution in [0.25, 0.3) is 0 Å². The average Bonchev–Trinajstić information content (AvgIpc) is 2.29. The van der Waals surface area contributed by atoms with E-state index < -0.39 is 11.4 Å². The van der Waals surface area contributed by atoms with E-state index in [4.69, 9.17) is 5.73 Å². The molecule has 0 aromatic heterocycles. The van der Waals surface area contributed by atoms with Crippen molar-refractivity contribution in [3.05, 3.63) is 35.6 Å². The van der Waals surface area contributed by atoms with Gasteiger partial charge in [-0.05, 0) is 43.5 Å². The zero-order valence-corrected chi connectivity index (χ0v) is 11.2. The van der Waals surface area contributed by atoms with Crippen LogP contribution in [0.1, 0.15) is 26.3 Å². The third-order valence-corrected chi connectivity index (χ3v) is 2.92. The van der Waals surface area contributed by atoms with Gasteiger partial charge in [-0.15, -0.1) is 0 Å². The lowest BCUT2D eigenvalue weighted by atomic mass is 9.91. The van der Waals surface area contributed by atoms with E-state index in [0.717, 1.165) is 5.56 Å². The zero-order valence-electron chi connectivity index (χ0n) is 11.2. The molecule has 1 rings (SSSR count). The summed E-state index contributed by atoms with van der Waals surface area (Å²) in [4.78, 5) is 11.6. The van der Waals surface area contributed by atoms with Crippen LogP contribution in [0, 0.1) is 11.7 Å². The van der Waals surface area contributed by atoms with Crippen molar-refractivity contribution in [1.82, 2.24) is 5.32 Å². The van der Waals surface area contributed by atoms with Crippen molar-refractivity contribution >= 4 is 5.91 Å². The van der Waals surface area contributed by atoms with Crippen LogP contribution < -0.4 is 11.1 Å². The number of hydrogen-bond acceptors (Lipinski definition) is 2. The highest BCUT2D eigenvalue weighted by molar-refractivity contribution is 5.84. The summed E-state index contributed by atoms with van der Waals surface area (Å²) in [6, 6.07) is 6.12. The van der Waals surface area contributed by atoms with Gasteiger partial charge in [-0.3, -0.25) is 4.79 Å². The van der Waals surface area contributed by atoms with Crippen molar-refractivity contribution in [2.75, 3.05) is 6.54 Å². The molecule has 0 fully saturated rings. The predicted molar refractivity (Wildman–Crippen MR) is 70.5 cm³/mol. The van der Waals surface area contributed by atoms with Gasteiger partial charge in [-0.25, -0.2) is 4.39 Å². The Morgan fingerprint density at radius 3 is 2.39 bits per heavy atom. The van der Waals surface area contributed by atoms with Gasteiger partial charge in [0, 0.05) is 0 Å². The fourth-order valence-electron chi connectivity index (χ4n) is 1.68. The number of nitrogens with two attached hydrogens (primary N) is 1. The van der Waals surface area contributed by atoms with Gasteiger partial charge in [0.1, 0.15) is 5.82 Å². The Bertz CT molecular complexity index is 403.